The number of aromatic nitrogens is 1. The van der Waals surface area contributed by atoms with Gasteiger partial charge >= 0.3 is 0 Å². The van der Waals surface area contributed by atoms with Crippen LogP contribution in [-0.2, 0) is 4.79 Å². The summed E-state index contributed by atoms with van der Waals surface area (Å²) in [6.07, 6.45) is 1.75. The maximum atomic E-state index is 10.9. The summed E-state index contributed by atoms with van der Waals surface area (Å²) in [6, 6.07) is 9.94. The second kappa shape index (κ2) is 3.61. The molecule has 3 N–H and O–H groups in total. The van der Waals surface area contributed by atoms with Crippen LogP contribution >= 0.6 is 0 Å². The zero-order valence-electron chi connectivity index (χ0n) is 8.45. The van der Waals surface area contributed by atoms with Crippen LogP contribution in [0.4, 0.5) is 0 Å². The van der Waals surface area contributed by atoms with Crippen LogP contribution in [0.2, 0.25) is 0 Å². The minimum Gasteiger partial charge on any atom is -0.366 e. The van der Waals surface area contributed by atoms with Crippen molar-refractivity contribution in [3.63, 3.8) is 0 Å². The zero-order valence-corrected chi connectivity index (χ0v) is 8.45. The van der Waals surface area contributed by atoms with E-state index < -0.39 is 5.91 Å². The van der Waals surface area contributed by atoms with Crippen LogP contribution in [0.25, 0.3) is 17.0 Å². The summed E-state index contributed by atoms with van der Waals surface area (Å²) in [5.41, 5.74) is 7.65. The number of carbonyl (C=O) groups excluding carboxylic acids is 1. The summed E-state index contributed by atoms with van der Waals surface area (Å²) < 4.78 is 0. The number of primary amides is 1. The molecule has 2 rings (SSSR count). The van der Waals surface area contributed by atoms with Crippen molar-refractivity contribution in [2.24, 2.45) is 5.73 Å². The Kier molecular flexibility index (Phi) is 2.29. The highest BCUT2D eigenvalue weighted by atomic mass is 16.1. The fourth-order valence-electron chi connectivity index (χ4n) is 1.48. The number of carbonyl (C=O) groups is 1. The van der Waals surface area contributed by atoms with Crippen molar-refractivity contribution in [1.82, 2.24) is 4.98 Å². The maximum Gasteiger partial charge on any atom is 0.244 e. The highest BCUT2D eigenvalue weighted by molar-refractivity contribution is 5.96. The molecule has 15 heavy (non-hydrogen) atoms. The topological polar surface area (TPSA) is 58.9 Å². The predicted octanol–water partition coefficient (Wildman–Crippen LogP) is 2.06. The van der Waals surface area contributed by atoms with Gasteiger partial charge in [0.2, 0.25) is 5.91 Å². The normalized spacial score (nSPS) is 11.9. The van der Waals surface area contributed by atoms with E-state index in [2.05, 4.69) is 4.98 Å². The molecule has 0 aliphatic carbocycles. The number of benzene rings is 1. The molecule has 0 saturated carbocycles. The molecule has 0 radical (unpaired) electrons. The number of amides is 1. The van der Waals surface area contributed by atoms with Gasteiger partial charge in [0.25, 0.3) is 0 Å². The van der Waals surface area contributed by atoms with Crippen molar-refractivity contribution < 1.29 is 4.79 Å². The van der Waals surface area contributed by atoms with Gasteiger partial charge in [0, 0.05) is 16.8 Å². The molecule has 0 atom stereocenters. The van der Waals surface area contributed by atoms with Crippen LogP contribution in [0.5, 0.6) is 0 Å². The molecule has 0 spiro atoms. The molecule has 1 aromatic heterocycles. The highest BCUT2D eigenvalue weighted by Crippen LogP contribution is 2.16. The second-order valence-corrected chi connectivity index (χ2v) is 3.50. The number of H-pyrrole nitrogens is 1. The van der Waals surface area contributed by atoms with Crippen LogP contribution in [0.15, 0.2) is 35.9 Å². The molecular formula is C12H12N2O. The van der Waals surface area contributed by atoms with Crippen molar-refractivity contribution in [2.45, 2.75) is 6.92 Å². The average Bonchev–Trinajstić information content (AvgIpc) is 2.59. The summed E-state index contributed by atoms with van der Waals surface area (Å²) in [7, 11) is 0. The number of hydrogen-bond donors (Lipinski definition) is 2. The van der Waals surface area contributed by atoms with Crippen molar-refractivity contribution >= 4 is 22.9 Å². The molecule has 0 unspecified atom stereocenters. The third-order valence-corrected chi connectivity index (χ3v) is 2.31. The van der Waals surface area contributed by atoms with Crippen LogP contribution in [-0.4, -0.2) is 10.9 Å². The van der Waals surface area contributed by atoms with Gasteiger partial charge in [0.05, 0.1) is 0 Å². The lowest BCUT2D eigenvalue weighted by molar-refractivity contribution is -0.114. The largest absolute Gasteiger partial charge is 0.366 e. The number of rotatable bonds is 2. The van der Waals surface area contributed by atoms with Gasteiger partial charge in [-0.25, -0.2) is 0 Å². The first-order chi connectivity index (χ1) is 7.16. The number of para-hydroxylation sites is 1. The van der Waals surface area contributed by atoms with Crippen molar-refractivity contribution in [3.05, 3.63) is 41.6 Å². The molecule has 0 fully saturated rings. The molecule has 0 aliphatic heterocycles. The number of hydrogen-bond acceptors (Lipinski definition) is 1. The van der Waals surface area contributed by atoms with E-state index in [4.69, 9.17) is 5.73 Å². The zero-order chi connectivity index (χ0) is 10.8. The van der Waals surface area contributed by atoms with Crippen LogP contribution in [0.3, 0.4) is 0 Å². The molecule has 0 saturated heterocycles. The van der Waals surface area contributed by atoms with Gasteiger partial charge in [-0.15, -0.1) is 0 Å². The first-order valence-corrected chi connectivity index (χ1v) is 4.72. The maximum absolute atomic E-state index is 10.9. The van der Waals surface area contributed by atoms with E-state index in [-0.39, 0.29) is 0 Å². The van der Waals surface area contributed by atoms with Gasteiger partial charge in [-0.05, 0) is 30.5 Å². The Balaban J connectivity index is 2.46. The first kappa shape index (κ1) is 9.52. The standard InChI is InChI=1S/C12H12N2O/c1-8(12(13)15)6-10-7-9-4-2-3-5-11(9)14-10/h2-7,14H,1H3,(H2,13,15). The van der Waals surface area contributed by atoms with E-state index in [1.54, 1.807) is 13.0 Å². The van der Waals surface area contributed by atoms with E-state index in [9.17, 15) is 4.79 Å². The van der Waals surface area contributed by atoms with Gasteiger partial charge in [-0.2, -0.15) is 0 Å². The fourth-order valence-corrected chi connectivity index (χ4v) is 1.48. The lowest BCUT2D eigenvalue weighted by Gasteiger charge is -1.91. The summed E-state index contributed by atoms with van der Waals surface area (Å²) in [5.74, 6) is -0.395. The van der Waals surface area contributed by atoms with Crippen molar-refractivity contribution in [3.8, 4) is 0 Å². The third-order valence-electron chi connectivity index (χ3n) is 2.31. The van der Waals surface area contributed by atoms with Crippen LogP contribution < -0.4 is 5.73 Å². The monoisotopic (exact) mass is 200 g/mol. The number of fused-ring (bicyclic) bond motifs is 1. The minimum absolute atomic E-state index is 0.395. The van der Waals surface area contributed by atoms with E-state index in [0.29, 0.717) is 5.57 Å². The van der Waals surface area contributed by atoms with Crippen molar-refractivity contribution in [2.75, 3.05) is 0 Å². The Morgan fingerprint density at radius 1 is 1.40 bits per heavy atom. The molecular weight excluding hydrogens is 188 g/mol. The third kappa shape index (κ3) is 1.91. The fraction of sp³-hybridized carbons (Fsp3) is 0.0833. The molecule has 1 amide bonds. The first-order valence-electron chi connectivity index (χ1n) is 4.72. The summed E-state index contributed by atoms with van der Waals surface area (Å²) in [6.45, 7) is 1.70. The molecule has 0 aliphatic rings. The Hall–Kier alpha value is -2.03. The Labute approximate surface area is 87.6 Å². The average molecular weight is 200 g/mol. The summed E-state index contributed by atoms with van der Waals surface area (Å²) in [4.78, 5) is 14.1. The van der Waals surface area contributed by atoms with E-state index in [0.717, 1.165) is 16.6 Å². The number of aromatic amines is 1. The van der Waals surface area contributed by atoms with Crippen molar-refractivity contribution in [1.29, 1.82) is 0 Å². The van der Waals surface area contributed by atoms with Gasteiger partial charge in [-0.3, -0.25) is 4.79 Å². The van der Waals surface area contributed by atoms with E-state index in [1.165, 1.54) is 0 Å². The van der Waals surface area contributed by atoms with Gasteiger partial charge in [0.1, 0.15) is 0 Å². The number of nitrogens with two attached hydrogens (primary N) is 1. The van der Waals surface area contributed by atoms with Crippen LogP contribution in [0.1, 0.15) is 12.6 Å². The molecule has 76 valence electrons. The molecule has 0 bridgehead atoms. The predicted molar refractivity (Wildman–Crippen MR) is 61.1 cm³/mol. The van der Waals surface area contributed by atoms with Gasteiger partial charge in [0.15, 0.2) is 0 Å². The van der Waals surface area contributed by atoms with E-state index >= 15 is 0 Å². The van der Waals surface area contributed by atoms with Crippen LogP contribution in [0, 0.1) is 0 Å². The molecule has 3 nitrogen and oxygen atoms in total. The molecule has 1 heterocycles. The minimum atomic E-state index is -0.395. The lowest BCUT2D eigenvalue weighted by Crippen LogP contribution is -2.11. The number of nitrogens with one attached hydrogen (secondary N) is 1. The van der Waals surface area contributed by atoms with Gasteiger partial charge in [-0.1, -0.05) is 18.2 Å². The SMILES string of the molecule is CC(=Cc1cc2ccccc2[nH]1)C(N)=O. The highest BCUT2D eigenvalue weighted by Gasteiger charge is 2.00. The molecule has 2 aromatic rings. The Morgan fingerprint density at radius 2 is 2.13 bits per heavy atom. The second-order valence-electron chi connectivity index (χ2n) is 3.50. The summed E-state index contributed by atoms with van der Waals surface area (Å²) in [5, 5.41) is 1.13. The van der Waals surface area contributed by atoms with Gasteiger partial charge < -0.3 is 10.7 Å². The molecule has 3 heteroatoms. The smallest absolute Gasteiger partial charge is 0.244 e. The summed E-state index contributed by atoms with van der Waals surface area (Å²) >= 11 is 0. The quantitative estimate of drug-likeness (QED) is 0.716. The molecule has 1 aromatic carbocycles. The van der Waals surface area contributed by atoms with E-state index in [1.807, 2.05) is 30.3 Å². The Morgan fingerprint density at radius 3 is 2.80 bits per heavy atom. The lowest BCUT2D eigenvalue weighted by atomic mass is 10.2. The Bertz CT molecular complexity index is 504.